The van der Waals surface area contributed by atoms with Gasteiger partial charge in [-0.2, -0.15) is 17.9 Å². The molecule has 208 valence electrons. The van der Waals surface area contributed by atoms with Crippen LogP contribution in [0.2, 0.25) is 0 Å². The van der Waals surface area contributed by atoms with Crippen molar-refractivity contribution in [1.82, 2.24) is 0 Å². The van der Waals surface area contributed by atoms with Crippen molar-refractivity contribution < 1.29 is 41.9 Å². The van der Waals surface area contributed by atoms with Gasteiger partial charge in [-0.05, 0) is 54.1 Å². The number of aromatic carboxylic acids is 1. The summed E-state index contributed by atoms with van der Waals surface area (Å²) in [5.74, 6) is -1.33. The molecule has 0 aliphatic carbocycles. The van der Waals surface area contributed by atoms with Gasteiger partial charge in [0.05, 0.1) is 16.7 Å². The summed E-state index contributed by atoms with van der Waals surface area (Å²) in [4.78, 5) is 27.4. The molecule has 0 aliphatic heterocycles. The number of hydrogen-bond donors (Lipinski definition) is 3. The maximum absolute atomic E-state index is 12.8. The highest BCUT2D eigenvalue weighted by molar-refractivity contribution is 6.08. The van der Waals surface area contributed by atoms with E-state index >= 15 is 0 Å². The Morgan fingerprint density at radius 3 is 2.33 bits per heavy atom. The first kappa shape index (κ1) is 29.7. The fourth-order valence-electron chi connectivity index (χ4n) is 3.28. The number of nitrogens with one attached hydrogen (secondary N) is 2. The van der Waals surface area contributed by atoms with E-state index in [1.807, 2.05) is 0 Å². The van der Waals surface area contributed by atoms with Gasteiger partial charge in [-0.25, -0.2) is 4.79 Å². The van der Waals surface area contributed by atoms with Crippen molar-refractivity contribution >= 4 is 35.1 Å². The van der Waals surface area contributed by atoms with Crippen LogP contribution in [0.4, 0.5) is 24.5 Å². The van der Waals surface area contributed by atoms with E-state index in [9.17, 15) is 28.0 Å². The van der Waals surface area contributed by atoms with Crippen molar-refractivity contribution in [3.8, 4) is 5.75 Å². The number of carbonyl (C=O) groups excluding carboxylic acids is 1. The first-order chi connectivity index (χ1) is 19.1. The molecule has 1 aromatic heterocycles. The van der Waals surface area contributed by atoms with Crippen LogP contribution in [0.25, 0.3) is 0 Å². The number of carboxylic acid groups (broad SMARTS) is 1. The van der Waals surface area contributed by atoms with Gasteiger partial charge in [-0.3, -0.25) is 4.79 Å². The van der Waals surface area contributed by atoms with Gasteiger partial charge in [-0.15, -0.1) is 0 Å². The molecule has 0 fully saturated rings. The minimum atomic E-state index is -4.49. The minimum Gasteiger partial charge on any atom is -0.619 e. The third-order valence-corrected chi connectivity index (χ3v) is 5.25. The molecule has 4 rings (SSSR count). The fraction of sp³-hybridized carbons (Fsp3) is 0.0741. The molecule has 3 N–H and O–H groups in total. The largest absolute Gasteiger partial charge is 0.619 e. The van der Waals surface area contributed by atoms with Crippen molar-refractivity contribution in [1.29, 1.82) is 0 Å². The maximum Gasteiger partial charge on any atom is 0.416 e. The second-order valence-electron chi connectivity index (χ2n) is 7.98. The Hall–Kier alpha value is -4.81. The number of anilines is 2. The van der Waals surface area contributed by atoms with E-state index in [-0.39, 0.29) is 22.6 Å². The normalized spacial score (nSPS) is 10.6. The van der Waals surface area contributed by atoms with Crippen molar-refractivity contribution in [3.63, 3.8) is 0 Å². The van der Waals surface area contributed by atoms with Gasteiger partial charge < -0.3 is 25.8 Å². The minimum absolute atomic E-state index is 0.0534. The molecule has 0 radical (unpaired) electrons. The third kappa shape index (κ3) is 8.89. The molecule has 0 saturated heterocycles. The average Bonchev–Trinajstić information content (AvgIpc) is 2.93. The van der Waals surface area contributed by atoms with Crippen molar-refractivity contribution in [2.24, 2.45) is 0 Å². The molecular weight excluding hydrogens is 555 g/mol. The average molecular weight is 576 g/mol. The fourth-order valence-corrected chi connectivity index (χ4v) is 3.36. The summed E-state index contributed by atoms with van der Waals surface area (Å²) in [5, 5.41) is 25.2. The topological polar surface area (TPSA) is 124 Å². The second kappa shape index (κ2) is 13.8. The molecule has 9 nitrogen and oxygen atoms in total. The zero-order valence-electron chi connectivity index (χ0n) is 20.4. The summed E-state index contributed by atoms with van der Waals surface area (Å²) in [7, 11) is 0. The van der Waals surface area contributed by atoms with Crippen LogP contribution in [0.1, 0.15) is 31.8 Å². The summed E-state index contributed by atoms with van der Waals surface area (Å²) in [6.07, 6.45) is -1.76. The Labute approximate surface area is 231 Å². The molecule has 13 heteroatoms. The van der Waals surface area contributed by atoms with E-state index < -0.39 is 23.6 Å². The zero-order chi connectivity index (χ0) is 29.1. The third-order valence-electron chi connectivity index (χ3n) is 5.18. The van der Waals surface area contributed by atoms with E-state index in [1.165, 1.54) is 48.8 Å². The van der Waals surface area contributed by atoms with Gasteiger partial charge in [-0.1, -0.05) is 28.7 Å². The van der Waals surface area contributed by atoms with Crippen LogP contribution in [0.15, 0.2) is 97.3 Å². The number of hydrogen-bond acceptors (Lipinski definition) is 6. The highest BCUT2D eigenvalue weighted by Crippen LogP contribution is 2.31. The highest BCUT2D eigenvalue weighted by Gasteiger charge is 2.30. The molecule has 0 bridgehead atoms. The smallest absolute Gasteiger partial charge is 0.416 e. The number of pyridine rings is 1. The number of rotatable bonds is 8. The quantitative estimate of drug-likeness (QED) is 0.101. The predicted molar refractivity (Wildman–Crippen MR) is 140 cm³/mol. The van der Waals surface area contributed by atoms with Crippen LogP contribution < -0.4 is 20.3 Å². The van der Waals surface area contributed by atoms with Crippen LogP contribution in [-0.4, -0.2) is 17.0 Å². The lowest BCUT2D eigenvalue weighted by Gasteiger charge is -2.13. The molecule has 0 unspecified atom stereocenters. The lowest BCUT2D eigenvalue weighted by molar-refractivity contribution is -0.605. The summed E-state index contributed by atoms with van der Waals surface area (Å²) in [6.45, 7) is 0.370. The SMILES string of the molecule is O=C(Nc1cccc(C(F)(F)F)c1)c1ccccc1NCc1cc[n+]([O-])cc1.O=C(O)c1cccc(OOCl)c1. The van der Waals surface area contributed by atoms with E-state index in [0.717, 1.165) is 17.7 Å². The Bertz CT molecular complexity index is 1450. The molecule has 1 amide bonds. The number of carbonyl (C=O) groups is 2. The number of alkyl halides is 3. The molecule has 0 spiro atoms. The molecule has 0 saturated carbocycles. The summed E-state index contributed by atoms with van der Waals surface area (Å²) < 4.78 is 43.0. The second-order valence-corrected chi connectivity index (χ2v) is 8.10. The first-order valence-electron chi connectivity index (χ1n) is 11.3. The first-order valence-corrected chi connectivity index (χ1v) is 11.7. The Kier molecular flexibility index (Phi) is 10.3. The standard InChI is InChI=1S/C20H16F3N3O2.C7H5ClO4/c21-20(22,23)15-4-3-5-16(12-15)25-19(27)17-6-1-2-7-18(17)24-13-14-8-10-26(28)11-9-14;8-12-11-6-3-1-2-5(4-6)7(9)10/h1-12,24H,13H2,(H,25,27);1-4H,(H,9,10). The van der Waals surface area contributed by atoms with Gasteiger partial charge in [0.15, 0.2) is 18.1 Å². The highest BCUT2D eigenvalue weighted by atomic mass is 35.5. The van der Waals surface area contributed by atoms with E-state index in [0.29, 0.717) is 17.0 Å². The number of para-hydroxylation sites is 1. The molecular formula is C27H21ClF3N3O6. The number of carboxylic acids is 1. The molecule has 0 atom stereocenters. The lowest BCUT2D eigenvalue weighted by atomic mass is 10.1. The number of halogens is 4. The molecule has 0 aliphatic rings. The van der Waals surface area contributed by atoms with Crippen LogP contribution in [0.5, 0.6) is 5.75 Å². The van der Waals surface area contributed by atoms with E-state index in [1.54, 1.807) is 36.4 Å². The molecule has 4 aromatic rings. The number of nitrogens with zero attached hydrogens (tertiary/aromatic N) is 1. The Morgan fingerprint density at radius 2 is 1.65 bits per heavy atom. The van der Waals surface area contributed by atoms with Gasteiger partial charge in [0.1, 0.15) is 11.9 Å². The van der Waals surface area contributed by atoms with Crippen LogP contribution >= 0.6 is 11.9 Å². The molecule has 40 heavy (non-hydrogen) atoms. The molecule has 3 aromatic carbocycles. The Balaban J connectivity index is 0.000000307. The van der Waals surface area contributed by atoms with Crippen molar-refractivity contribution in [2.75, 3.05) is 10.6 Å². The maximum atomic E-state index is 12.8. The van der Waals surface area contributed by atoms with Crippen LogP contribution in [0, 0.1) is 5.21 Å². The van der Waals surface area contributed by atoms with Crippen LogP contribution in [0.3, 0.4) is 0 Å². The van der Waals surface area contributed by atoms with Gasteiger partial charge in [0.2, 0.25) is 0 Å². The summed E-state index contributed by atoms with van der Waals surface area (Å²) >= 11 is 4.80. The zero-order valence-corrected chi connectivity index (χ0v) is 21.1. The van der Waals surface area contributed by atoms with Gasteiger partial charge >= 0.3 is 12.1 Å². The lowest BCUT2D eigenvalue weighted by Crippen LogP contribution is -2.24. The number of benzene rings is 3. The Morgan fingerprint density at radius 1 is 0.950 bits per heavy atom. The van der Waals surface area contributed by atoms with E-state index in [4.69, 9.17) is 17.0 Å². The molecule has 1 heterocycles. The summed E-state index contributed by atoms with van der Waals surface area (Å²) in [6, 6.07) is 20.2. The van der Waals surface area contributed by atoms with Crippen LogP contribution in [-0.2, 0) is 17.2 Å². The monoisotopic (exact) mass is 575 g/mol. The summed E-state index contributed by atoms with van der Waals surface area (Å²) in [5.41, 5.74) is 0.969. The van der Waals surface area contributed by atoms with E-state index in [2.05, 4.69) is 20.0 Å². The van der Waals surface area contributed by atoms with Crippen molar-refractivity contribution in [2.45, 2.75) is 12.7 Å². The number of amides is 1. The van der Waals surface area contributed by atoms with Gasteiger partial charge in [0, 0.05) is 30.1 Å². The number of aromatic nitrogens is 1. The predicted octanol–water partition coefficient (Wildman–Crippen LogP) is 6.05. The van der Waals surface area contributed by atoms with Crippen molar-refractivity contribution in [3.05, 3.63) is 125 Å². The van der Waals surface area contributed by atoms with Gasteiger partial charge in [0.25, 0.3) is 5.91 Å².